The Kier molecular flexibility index (Phi) is 24.0. The molecule has 0 fully saturated rings. The first kappa shape index (κ1) is 35.0. The van der Waals surface area contributed by atoms with E-state index in [0.29, 0.717) is 11.9 Å². The minimum atomic E-state index is -1.83. The van der Waals surface area contributed by atoms with Crippen LogP contribution < -0.4 is 0 Å². The number of esters is 3. The van der Waals surface area contributed by atoms with Crippen molar-refractivity contribution in [1.29, 1.82) is 0 Å². The first-order valence-electron chi connectivity index (χ1n) is 10.1. The second kappa shape index (κ2) is 22.6. The molecule has 0 bridgehead atoms. The van der Waals surface area contributed by atoms with E-state index in [1.54, 1.807) is 34.6 Å². The van der Waals surface area contributed by atoms with Crippen LogP contribution in [-0.2, 0) is 38.1 Å². The molecule has 0 radical (unpaired) electrons. The molecule has 0 heterocycles. The fraction of sp³-hybridized carbons (Fsp3) is 0.750. The molecule has 3 unspecified atom stereocenters. The smallest absolute Gasteiger partial charge is 0.466 e. The normalized spacial score (nSPS) is 12.1. The van der Waals surface area contributed by atoms with E-state index in [1.165, 1.54) is 0 Å². The molecule has 0 rings (SSSR count). The summed E-state index contributed by atoms with van der Waals surface area (Å²) in [6, 6.07) is 0. The fourth-order valence-electron chi connectivity index (χ4n) is 1.48. The van der Waals surface area contributed by atoms with Gasteiger partial charge in [-0.15, -0.1) is 0 Å². The molecule has 0 aromatic carbocycles. The lowest BCUT2D eigenvalue weighted by Crippen LogP contribution is -2.25. The molecule has 12 nitrogen and oxygen atoms in total. The largest absolute Gasteiger partial charge is 0.508 e. The zero-order valence-corrected chi connectivity index (χ0v) is 21.4. The lowest BCUT2D eigenvalue weighted by atomic mass is 10.2. The maximum Gasteiger partial charge on any atom is 0.508 e. The van der Waals surface area contributed by atoms with Crippen LogP contribution in [0.4, 0.5) is 9.59 Å². The highest BCUT2D eigenvalue weighted by molar-refractivity contribution is 9.09. The summed E-state index contributed by atoms with van der Waals surface area (Å²) in [4.78, 5) is 53.1. The van der Waals surface area contributed by atoms with E-state index in [1.807, 2.05) is 6.92 Å². The zero-order chi connectivity index (χ0) is 26.4. The molecule has 0 amide bonds. The Balaban J connectivity index is -0.000000569. The van der Waals surface area contributed by atoms with Gasteiger partial charge in [0.15, 0.2) is 0 Å². The topological polar surface area (TPSA) is 172 Å². The van der Waals surface area contributed by atoms with Crippen molar-refractivity contribution in [3.8, 4) is 0 Å². The van der Waals surface area contributed by atoms with Crippen molar-refractivity contribution in [2.24, 2.45) is 17.8 Å². The molecule has 2 N–H and O–H groups in total. The summed E-state index contributed by atoms with van der Waals surface area (Å²) >= 11 is 3.18. The number of carboxylic acid groups (broad SMARTS) is 2. The third kappa shape index (κ3) is 23.9. The number of hydrogen-bond donors (Lipinski definition) is 2. The molecule has 0 aromatic rings. The van der Waals surface area contributed by atoms with Gasteiger partial charge in [-0.3, -0.25) is 14.4 Å². The summed E-state index contributed by atoms with van der Waals surface area (Å²) in [6.45, 7) is 10.9. The quantitative estimate of drug-likeness (QED) is 0.220. The van der Waals surface area contributed by atoms with Gasteiger partial charge in [-0.25, -0.2) is 9.59 Å². The number of ether oxygens (including phenoxy) is 5. The third-order valence-electron chi connectivity index (χ3n) is 3.20. The summed E-state index contributed by atoms with van der Waals surface area (Å²) in [5, 5.41) is 14.6. The van der Waals surface area contributed by atoms with Crippen molar-refractivity contribution < 1.29 is 57.9 Å². The van der Waals surface area contributed by atoms with E-state index in [0.717, 1.165) is 0 Å². The third-order valence-corrected chi connectivity index (χ3v) is 4.17. The van der Waals surface area contributed by atoms with E-state index >= 15 is 0 Å². The van der Waals surface area contributed by atoms with Crippen LogP contribution in [-0.4, -0.2) is 78.8 Å². The Labute approximate surface area is 202 Å². The summed E-state index contributed by atoms with van der Waals surface area (Å²) < 4.78 is 23.7. The number of alkyl halides is 1. The highest BCUT2D eigenvalue weighted by atomic mass is 79.9. The average Bonchev–Trinajstić information content (AvgIpc) is 2.75. The first-order valence-corrected chi connectivity index (χ1v) is 11.3. The van der Waals surface area contributed by atoms with Crippen LogP contribution in [0.25, 0.3) is 0 Å². The number of rotatable bonds is 11. The van der Waals surface area contributed by atoms with Crippen molar-refractivity contribution in [3.63, 3.8) is 0 Å². The molecule has 0 aliphatic carbocycles. The number of carbonyl (C=O) groups is 5. The van der Waals surface area contributed by atoms with Gasteiger partial charge >= 0.3 is 30.2 Å². The molecule has 0 aliphatic heterocycles. The van der Waals surface area contributed by atoms with Gasteiger partial charge < -0.3 is 33.9 Å². The highest BCUT2D eigenvalue weighted by Gasteiger charge is 2.19. The van der Waals surface area contributed by atoms with Crippen molar-refractivity contribution in [1.82, 2.24) is 0 Å². The number of hydrogen-bond acceptors (Lipinski definition) is 10. The monoisotopic (exact) mass is 546 g/mol. The van der Waals surface area contributed by atoms with E-state index in [4.69, 9.17) is 38.7 Å². The van der Waals surface area contributed by atoms with Gasteiger partial charge in [-0.2, -0.15) is 0 Å². The van der Waals surface area contributed by atoms with Crippen LogP contribution in [0.5, 0.6) is 0 Å². The zero-order valence-electron chi connectivity index (χ0n) is 19.8. The lowest BCUT2D eigenvalue weighted by molar-refractivity contribution is -0.149. The SMILES string of the molecule is CCOC(=O)C(C)CBr.CCOC(=O)C(C)COC(=O)OCC(C)C(=O)OCC.O=C(O)O. The Morgan fingerprint density at radius 3 is 1.15 bits per heavy atom. The Morgan fingerprint density at radius 2 is 0.909 bits per heavy atom. The molecule has 0 saturated heterocycles. The van der Waals surface area contributed by atoms with E-state index in [2.05, 4.69) is 15.9 Å². The van der Waals surface area contributed by atoms with Crippen LogP contribution >= 0.6 is 15.9 Å². The molecule has 33 heavy (non-hydrogen) atoms. The molecule has 0 spiro atoms. The molecule has 0 aromatic heterocycles. The standard InChI is InChI=1S/C13H22O7.C6H11BrO2.CH2O3/c1-5-17-11(14)9(3)7-19-13(16)20-8-10(4)12(15)18-6-2;1-3-9-6(8)5(2)4-7;2-1(3)4/h9-10H,5-8H2,1-4H3;5H,3-4H2,1-2H3;(H2,2,3,4). The first-order chi connectivity index (χ1) is 15.4. The molecule has 194 valence electrons. The average molecular weight is 547 g/mol. The van der Waals surface area contributed by atoms with Gasteiger partial charge in [0.05, 0.1) is 37.6 Å². The van der Waals surface area contributed by atoms with Gasteiger partial charge in [0.25, 0.3) is 0 Å². The Bertz CT molecular complexity index is 547. The minimum Gasteiger partial charge on any atom is -0.466 e. The minimum absolute atomic E-state index is 0.0232. The number of halogens is 1. The second-order valence-corrected chi connectivity index (χ2v) is 6.92. The summed E-state index contributed by atoms with van der Waals surface area (Å²) in [7, 11) is 0. The molecule has 0 aliphatic rings. The van der Waals surface area contributed by atoms with Crippen molar-refractivity contribution in [3.05, 3.63) is 0 Å². The Hall–Kier alpha value is -2.57. The van der Waals surface area contributed by atoms with Gasteiger partial charge in [-0.05, 0) is 34.6 Å². The van der Waals surface area contributed by atoms with Crippen molar-refractivity contribution >= 4 is 46.1 Å². The lowest BCUT2D eigenvalue weighted by Gasteiger charge is -2.13. The molecule has 13 heteroatoms. The summed E-state index contributed by atoms with van der Waals surface area (Å²) in [5.74, 6) is -2.17. The van der Waals surface area contributed by atoms with Gasteiger partial charge in [0, 0.05) is 5.33 Å². The van der Waals surface area contributed by atoms with Crippen molar-refractivity contribution in [2.75, 3.05) is 38.4 Å². The summed E-state index contributed by atoms with van der Waals surface area (Å²) in [6.07, 6.45) is -2.77. The van der Waals surface area contributed by atoms with E-state index < -0.39 is 36.1 Å². The molecular weight excluding hydrogens is 512 g/mol. The van der Waals surface area contributed by atoms with Gasteiger partial charge in [0.2, 0.25) is 0 Å². The maximum atomic E-state index is 11.3. The summed E-state index contributed by atoms with van der Waals surface area (Å²) in [5.41, 5.74) is 0. The van der Waals surface area contributed by atoms with Gasteiger partial charge in [-0.1, -0.05) is 22.9 Å². The van der Waals surface area contributed by atoms with Crippen LogP contribution in [0.1, 0.15) is 41.5 Å². The van der Waals surface area contributed by atoms with Crippen LogP contribution in [0.2, 0.25) is 0 Å². The van der Waals surface area contributed by atoms with Crippen LogP contribution in [0.15, 0.2) is 0 Å². The molecule has 3 atom stereocenters. The van der Waals surface area contributed by atoms with E-state index in [-0.39, 0.29) is 38.3 Å². The maximum absolute atomic E-state index is 11.3. The predicted molar refractivity (Wildman–Crippen MR) is 119 cm³/mol. The van der Waals surface area contributed by atoms with E-state index in [9.17, 15) is 19.2 Å². The van der Waals surface area contributed by atoms with Crippen LogP contribution in [0.3, 0.4) is 0 Å². The van der Waals surface area contributed by atoms with Crippen LogP contribution in [0, 0.1) is 17.8 Å². The highest BCUT2D eigenvalue weighted by Crippen LogP contribution is 2.04. The van der Waals surface area contributed by atoms with Crippen molar-refractivity contribution in [2.45, 2.75) is 41.5 Å². The number of carbonyl (C=O) groups excluding carboxylic acids is 4. The Morgan fingerprint density at radius 1 is 0.636 bits per heavy atom. The fourth-order valence-corrected chi connectivity index (χ4v) is 1.74. The molecular formula is C20H35BrO12. The molecule has 0 saturated carbocycles. The second-order valence-electron chi connectivity index (χ2n) is 6.27. The van der Waals surface area contributed by atoms with Gasteiger partial charge in [0.1, 0.15) is 13.2 Å². The predicted octanol–water partition coefficient (Wildman–Crippen LogP) is 3.34.